The summed E-state index contributed by atoms with van der Waals surface area (Å²) >= 11 is 0. The number of nitro groups is 1. The highest BCUT2D eigenvalue weighted by Crippen LogP contribution is 2.40. The molecule has 0 saturated carbocycles. The van der Waals surface area contributed by atoms with Gasteiger partial charge in [0.15, 0.2) is 5.92 Å². The van der Waals surface area contributed by atoms with Crippen LogP contribution in [0.1, 0.15) is 23.3 Å². The van der Waals surface area contributed by atoms with Crippen LogP contribution in [-0.2, 0) is 26.1 Å². The van der Waals surface area contributed by atoms with Gasteiger partial charge in [-0.05, 0) is 12.1 Å². The van der Waals surface area contributed by atoms with E-state index in [1.54, 1.807) is 60.1 Å². The van der Waals surface area contributed by atoms with Crippen molar-refractivity contribution in [3.05, 3.63) is 76.1 Å². The van der Waals surface area contributed by atoms with Crippen LogP contribution in [-0.4, -0.2) is 40.6 Å². The second kappa shape index (κ2) is 8.73. The molecule has 0 saturated heterocycles. The molecule has 9 nitrogen and oxygen atoms in total. The first kappa shape index (κ1) is 21.0. The molecule has 2 aromatic carbocycles. The van der Waals surface area contributed by atoms with Gasteiger partial charge in [-0.1, -0.05) is 42.5 Å². The van der Waals surface area contributed by atoms with Crippen LogP contribution in [0.15, 0.2) is 54.6 Å². The van der Waals surface area contributed by atoms with Crippen LogP contribution >= 0.6 is 0 Å². The maximum atomic E-state index is 12.6. The third-order valence-electron chi connectivity index (χ3n) is 5.10. The highest BCUT2D eigenvalue weighted by atomic mass is 16.6. The number of methoxy groups -OCH3 is 2. The molecule has 156 valence electrons. The first-order valence-corrected chi connectivity index (χ1v) is 9.16. The zero-order chi connectivity index (χ0) is 21.8. The molecule has 3 rings (SSSR count). The van der Waals surface area contributed by atoms with E-state index in [4.69, 9.17) is 9.47 Å². The molecular formula is C21H21N3O6. The van der Waals surface area contributed by atoms with Crippen molar-refractivity contribution in [3.63, 3.8) is 0 Å². The molecule has 9 heteroatoms. The number of hydrogen-bond acceptors (Lipinski definition) is 7. The van der Waals surface area contributed by atoms with E-state index < -0.39 is 34.7 Å². The van der Waals surface area contributed by atoms with E-state index in [1.807, 2.05) is 6.07 Å². The minimum atomic E-state index is -1.58. The average Bonchev–Trinajstić information content (AvgIpc) is 3.09. The summed E-state index contributed by atoms with van der Waals surface area (Å²) in [5.74, 6) is -4.49. The molecule has 0 radical (unpaired) electrons. The van der Waals surface area contributed by atoms with Crippen LogP contribution in [0, 0.1) is 16.0 Å². The Morgan fingerprint density at radius 1 is 1.00 bits per heavy atom. The molecule has 0 spiro atoms. The number of imidazole rings is 1. The third kappa shape index (κ3) is 3.73. The summed E-state index contributed by atoms with van der Waals surface area (Å²) in [4.78, 5) is 41.5. The summed E-state index contributed by atoms with van der Waals surface area (Å²) in [6, 6.07) is 13.9. The quantitative estimate of drug-likeness (QED) is 0.254. The fraction of sp³-hybridized carbons (Fsp3) is 0.286. The number of carbonyl (C=O) groups is 2. The summed E-state index contributed by atoms with van der Waals surface area (Å²) in [5, 5.41) is 12.2. The average molecular weight is 411 g/mol. The minimum Gasteiger partial charge on any atom is -0.468 e. The second-order valence-corrected chi connectivity index (χ2v) is 6.71. The van der Waals surface area contributed by atoms with E-state index in [-0.39, 0.29) is 5.82 Å². The minimum absolute atomic E-state index is 0.211. The molecule has 3 aromatic rings. The van der Waals surface area contributed by atoms with E-state index >= 15 is 0 Å². The van der Waals surface area contributed by atoms with Crippen LogP contribution in [0.2, 0.25) is 0 Å². The second-order valence-electron chi connectivity index (χ2n) is 6.71. The Labute approximate surface area is 172 Å². The fourth-order valence-corrected chi connectivity index (χ4v) is 3.69. The van der Waals surface area contributed by atoms with Gasteiger partial charge in [-0.25, -0.2) is 4.98 Å². The number of aromatic nitrogens is 2. The van der Waals surface area contributed by atoms with Crippen molar-refractivity contribution in [1.29, 1.82) is 0 Å². The lowest BCUT2D eigenvalue weighted by Crippen LogP contribution is -2.38. The SMILES string of the molecule is COC(=O)C(C(=O)OC)C(c1nc2ccccc2n1C)C(c1ccccc1)[N+](=O)[O-]. The first-order chi connectivity index (χ1) is 14.4. The van der Waals surface area contributed by atoms with Crippen LogP contribution < -0.4 is 0 Å². The fourth-order valence-electron chi connectivity index (χ4n) is 3.69. The summed E-state index contributed by atoms with van der Waals surface area (Å²) in [6.07, 6.45) is 0. The summed E-state index contributed by atoms with van der Waals surface area (Å²) in [5.41, 5.74) is 1.63. The Balaban J connectivity index is 2.31. The number of aryl methyl sites for hydroxylation is 1. The molecule has 1 aromatic heterocycles. The van der Waals surface area contributed by atoms with Crippen molar-refractivity contribution in [1.82, 2.24) is 9.55 Å². The van der Waals surface area contributed by atoms with Crippen molar-refractivity contribution in [2.75, 3.05) is 14.2 Å². The molecule has 0 aliphatic heterocycles. The predicted molar refractivity (Wildman–Crippen MR) is 107 cm³/mol. The number of esters is 2. The molecule has 2 atom stereocenters. The maximum Gasteiger partial charge on any atom is 0.321 e. The van der Waals surface area contributed by atoms with E-state index in [0.717, 1.165) is 14.2 Å². The molecule has 0 N–H and O–H groups in total. The lowest BCUT2D eigenvalue weighted by atomic mass is 9.81. The zero-order valence-corrected chi connectivity index (χ0v) is 16.7. The zero-order valence-electron chi connectivity index (χ0n) is 16.7. The lowest BCUT2D eigenvalue weighted by molar-refractivity contribution is -0.535. The van der Waals surface area contributed by atoms with Crippen molar-refractivity contribution < 1.29 is 24.0 Å². The molecule has 2 unspecified atom stereocenters. The van der Waals surface area contributed by atoms with Gasteiger partial charge in [0.2, 0.25) is 6.04 Å². The number of ether oxygens (including phenoxy) is 2. The van der Waals surface area contributed by atoms with E-state index in [0.29, 0.717) is 16.6 Å². The van der Waals surface area contributed by atoms with Crippen LogP contribution in [0.4, 0.5) is 0 Å². The van der Waals surface area contributed by atoms with E-state index in [1.165, 1.54) is 0 Å². The predicted octanol–water partition coefficient (Wildman–Crippen LogP) is 2.64. The maximum absolute atomic E-state index is 12.6. The Hall–Kier alpha value is -3.75. The number of para-hydroxylation sites is 2. The van der Waals surface area contributed by atoms with Gasteiger partial charge in [0.1, 0.15) is 11.7 Å². The Bertz CT molecular complexity index is 1060. The highest BCUT2D eigenvalue weighted by molar-refractivity contribution is 5.96. The summed E-state index contributed by atoms with van der Waals surface area (Å²) in [6.45, 7) is 0. The van der Waals surface area contributed by atoms with Crippen molar-refractivity contribution >= 4 is 23.0 Å². The standard InChI is InChI=1S/C21H21N3O6/c1-23-15-12-8-7-11-14(15)22-19(23)16(17(20(25)29-2)21(26)30-3)18(24(27)28)13-9-5-4-6-10-13/h4-12,16-18H,1-3H3. The first-order valence-electron chi connectivity index (χ1n) is 9.16. The largest absolute Gasteiger partial charge is 0.468 e. The van der Waals surface area contributed by atoms with Gasteiger partial charge < -0.3 is 14.0 Å². The monoisotopic (exact) mass is 411 g/mol. The van der Waals surface area contributed by atoms with Crippen LogP contribution in [0.3, 0.4) is 0 Å². The molecule has 0 amide bonds. The smallest absolute Gasteiger partial charge is 0.321 e. The number of carbonyl (C=O) groups excluding carboxylic acids is 2. The van der Waals surface area contributed by atoms with Gasteiger partial charge in [0.05, 0.1) is 25.3 Å². The molecular weight excluding hydrogens is 390 g/mol. The molecule has 0 fully saturated rings. The van der Waals surface area contributed by atoms with Gasteiger partial charge in [-0.15, -0.1) is 0 Å². The number of benzene rings is 2. The third-order valence-corrected chi connectivity index (χ3v) is 5.10. The number of fused-ring (bicyclic) bond motifs is 1. The highest BCUT2D eigenvalue weighted by Gasteiger charge is 2.50. The number of rotatable bonds is 7. The van der Waals surface area contributed by atoms with E-state index in [2.05, 4.69) is 4.98 Å². The van der Waals surface area contributed by atoms with Gasteiger partial charge in [-0.2, -0.15) is 0 Å². The summed E-state index contributed by atoms with van der Waals surface area (Å²) < 4.78 is 11.3. The van der Waals surface area contributed by atoms with Crippen molar-refractivity contribution in [3.8, 4) is 0 Å². The molecule has 0 aliphatic carbocycles. The van der Waals surface area contributed by atoms with Gasteiger partial charge in [0.25, 0.3) is 0 Å². The Morgan fingerprint density at radius 2 is 1.57 bits per heavy atom. The normalized spacial score (nSPS) is 13.1. The number of hydrogen-bond donors (Lipinski definition) is 0. The van der Waals surface area contributed by atoms with Gasteiger partial charge in [0, 0.05) is 17.5 Å². The van der Waals surface area contributed by atoms with Gasteiger partial charge >= 0.3 is 11.9 Å². The van der Waals surface area contributed by atoms with E-state index in [9.17, 15) is 19.7 Å². The van der Waals surface area contributed by atoms with Crippen LogP contribution in [0.5, 0.6) is 0 Å². The van der Waals surface area contributed by atoms with Crippen LogP contribution in [0.25, 0.3) is 11.0 Å². The Kier molecular flexibility index (Phi) is 6.10. The lowest BCUT2D eigenvalue weighted by Gasteiger charge is -2.26. The molecule has 1 heterocycles. The van der Waals surface area contributed by atoms with Crippen molar-refractivity contribution in [2.45, 2.75) is 12.0 Å². The molecule has 30 heavy (non-hydrogen) atoms. The summed E-state index contributed by atoms with van der Waals surface area (Å²) in [7, 11) is 3.92. The van der Waals surface area contributed by atoms with Crippen molar-refractivity contribution in [2.24, 2.45) is 13.0 Å². The molecule has 0 aliphatic rings. The molecule has 0 bridgehead atoms. The number of nitrogens with zero attached hydrogens (tertiary/aromatic N) is 3. The topological polar surface area (TPSA) is 114 Å². The Morgan fingerprint density at radius 3 is 2.10 bits per heavy atom. The van der Waals surface area contributed by atoms with Gasteiger partial charge in [-0.3, -0.25) is 19.7 Å².